The minimum Gasteiger partial charge on any atom is -0.406 e. The highest BCUT2D eigenvalue weighted by Crippen LogP contribution is 2.33. The zero-order chi connectivity index (χ0) is 21.6. The van der Waals surface area contributed by atoms with Gasteiger partial charge in [0, 0.05) is 6.54 Å². The number of ether oxygens (including phenoxy) is 1. The fourth-order valence-corrected chi connectivity index (χ4v) is 3.23. The largest absolute Gasteiger partial charge is 0.573 e. The third-order valence-corrected chi connectivity index (χ3v) is 4.47. The molecule has 2 aromatic rings. The van der Waals surface area contributed by atoms with Gasteiger partial charge in [-0.1, -0.05) is 31.5 Å². The average Bonchev–Trinajstić information content (AvgIpc) is 2.65. The molecule has 0 amide bonds. The van der Waals surface area contributed by atoms with Gasteiger partial charge in [-0.15, -0.1) is 13.2 Å². The van der Waals surface area contributed by atoms with Crippen LogP contribution in [0, 0.1) is 0 Å². The third kappa shape index (κ3) is 6.43. The van der Waals surface area contributed by atoms with Crippen LogP contribution in [0.4, 0.5) is 13.2 Å². The number of halogens is 3. The molecule has 8 heteroatoms. The van der Waals surface area contributed by atoms with Gasteiger partial charge in [-0.2, -0.15) is 0 Å². The van der Waals surface area contributed by atoms with Gasteiger partial charge in [-0.25, -0.2) is 0 Å². The monoisotopic (exact) mass is 413 g/mol. The van der Waals surface area contributed by atoms with Gasteiger partial charge in [0.05, 0.1) is 12.8 Å². The summed E-state index contributed by atoms with van der Waals surface area (Å²) in [4.78, 5) is 0. The third-order valence-electron chi connectivity index (χ3n) is 4.47. The molecule has 2 rings (SSSR count). The Morgan fingerprint density at radius 3 is 2.17 bits per heavy atom. The van der Waals surface area contributed by atoms with Gasteiger partial charge >= 0.3 is 6.36 Å². The van der Waals surface area contributed by atoms with E-state index >= 15 is 0 Å². The first-order valence-corrected chi connectivity index (χ1v) is 9.35. The lowest BCUT2D eigenvalue weighted by Crippen LogP contribution is -2.21. The van der Waals surface area contributed by atoms with Gasteiger partial charge in [0.2, 0.25) is 0 Å². The molecule has 0 aliphatic carbocycles. The predicted molar refractivity (Wildman–Crippen MR) is 103 cm³/mol. The van der Waals surface area contributed by atoms with E-state index in [1.807, 2.05) is 13.0 Å². The van der Waals surface area contributed by atoms with Crippen molar-refractivity contribution in [3.05, 3.63) is 53.1 Å². The van der Waals surface area contributed by atoms with Crippen LogP contribution in [0.3, 0.4) is 0 Å². The van der Waals surface area contributed by atoms with Gasteiger partial charge in [0.15, 0.2) is 0 Å². The molecular formula is C21H26F3NO4. The number of aryl methyl sites for hydroxylation is 1. The predicted octanol–water partition coefficient (Wildman–Crippen LogP) is 3.66. The molecule has 0 saturated carbocycles. The first kappa shape index (κ1) is 23.2. The summed E-state index contributed by atoms with van der Waals surface area (Å²) < 4.78 is 41.0. The Bertz CT molecular complexity index is 792. The van der Waals surface area contributed by atoms with Crippen LogP contribution in [0.25, 0.3) is 11.1 Å². The maximum absolute atomic E-state index is 12.4. The van der Waals surface area contributed by atoms with E-state index in [1.165, 1.54) is 31.2 Å². The smallest absolute Gasteiger partial charge is 0.406 e. The molecule has 5 nitrogen and oxygen atoms in total. The number of rotatable bonds is 9. The van der Waals surface area contributed by atoms with E-state index in [4.69, 9.17) is 5.11 Å². The standard InChI is InChI=1S/C21H26F3NO4/c1-3-4-15-9-16(14-5-7-18(8-6-14)29-21(22,23)24)10-17(11-25-12-26)19(15)20(28)13(2)27/h5-10,13,20,25-28H,3-4,11-12H2,1-2H3. The first-order chi connectivity index (χ1) is 13.7. The molecule has 0 fully saturated rings. The van der Waals surface area contributed by atoms with Crippen LogP contribution in [0.15, 0.2) is 36.4 Å². The van der Waals surface area contributed by atoms with E-state index < -0.39 is 18.6 Å². The molecule has 2 unspecified atom stereocenters. The number of hydrogen-bond acceptors (Lipinski definition) is 5. The first-order valence-electron chi connectivity index (χ1n) is 9.35. The number of aliphatic hydroxyl groups is 3. The summed E-state index contributed by atoms with van der Waals surface area (Å²) in [6.07, 6.45) is -5.38. The second-order valence-electron chi connectivity index (χ2n) is 6.80. The van der Waals surface area contributed by atoms with Gasteiger partial charge < -0.3 is 20.1 Å². The van der Waals surface area contributed by atoms with Crippen molar-refractivity contribution in [2.24, 2.45) is 0 Å². The zero-order valence-electron chi connectivity index (χ0n) is 16.3. The Balaban J connectivity index is 2.50. The summed E-state index contributed by atoms with van der Waals surface area (Å²) in [5, 5.41) is 32.3. The van der Waals surface area contributed by atoms with Gasteiger partial charge in [0.1, 0.15) is 11.9 Å². The lowest BCUT2D eigenvalue weighted by molar-refractivity contribution is -0.274. The highest BCUT2D eigenvalue weighted by molar-refractivity contribution is 5.67. The zero-order valence-corrected chi connectivity index (χ0v) is 16.3. The van der Waals surface area contributed by atoms with Crippen LogP contribution in [-0.4, -0.2) is 34.5 Å². The van der Waals surface area contributed by atoms with Gasteiger partial charge in [-0.05, 0) is 59.4 Å². The maximum Gasteiger partial charge on any atom is 0.573 e. The second kappa shape index (κ2) is 10.1. The number of alkyl halides is 3. The quantitative estimate of drug-likeness (QED) is 0.472. The SMILES string of the molecule is CCCc1cc(-c2ccc(OC(F)(F)F)cc2)cc(CNCO)c1C(O)C(C)O. The number of benzene rings is 2. The molecule has 2 atom stereocenters. The van der Waals surface area contributed by atoms with Crippen molar-refractivity contribution in [3.63, 3.8) is 0 Å². The van der Waals surface area contributed by atoms with Crippen molar-refractivity contribution in [2.75, 3.05) is 6.73 Å². The highest BCUT2D eigenvalue weighted by atomic mass is 19.4. The van der Waals surface area contributed by atoms with E-state index in [2.05, 4.69) is 10.1 Å². The van der Waals surface area contributed by atoms with E-state index in [0.717, 1.165) is 17.5 Å². The van der Waals surface area contributed by atoms with Crippen molar-refractivity contribution in [3.8, 4) is 16.9 Å². The Labute approximate surface area is 167 Å². The second-order valence-corrected chi connectivity index (χ2v) is 6.80. The average molecular weight is 413 g/mol. The van der Waals surface area contributed by atoms with Crippen molar-refractivity contribution in [1.29, 1.82) is 0 Å². The molecule has 0 radical (unpaired) electrons. The normalized spacial score (nSPS) is 13.9. The number of aliphatic hydroxyl groups excluding tert-OH is 3. The molecule has 0 saturated heterocycles. The Morgan fingerprint density at radius 2 is 1.66 bits per heavy atom. The molecule has 0 spiro atoms. The molecule has 0 aromatic heterocycles. The van der Waals surface area contributed by atoms with Crippen LogP contribution >= 0.6 is 0 Å². The lowest BCUT2D eigenvalue weighted by atomic mass is 9.88. The fourth-order valence-electron chi connectivity index (χ4n) is 3.23. The van der Waals surface area contributed by atoms with Gasteiger partial charge in [-0.3, -0.25) is 5.32 Å². The van der Waals surface area contributed by atoms with Crippen molar-refractivity contribution in [1.82, 2.24) is 5.32 Å². The molecule has 4 N–H and O–H groups in total. The van der Waals surface area contributed by atoms with Crippen molar-refractivity contribution >= 4 is 0 Å². The summed E-state index contributed by atoms with van der Waals surface area (Å²) in [6, 6.07) is 9.20. The Morgan fingerprint density at radius 1 is 1.03 bits per heavy atom. The minimum absolute atomic E-state index is 0.259. The van der Waals surface area contributed by atoms with Gasteiger partial charge in [0.25, 0.3) is 0 Å². The highest BCUT2D eigenvalue weighted by Gasteiger charge is 2.31. The summed E-state index contributed by atoms with van der Waals surface area (Å²) in [5.74, 6) is -0.307. The molecule has 0 bridgehead atoms. The molecule has 29 heavy (non-hydrogen) atoms. The van der Waals surface area contributed by atoms with E-state index in [9.17, 15) is 23.4 Å². The Hall–Kier alpha value is -2.13. The molecule has 0 aliphatic rings. The van der Waals surface area contributed by atoms with E-state index in [0.29, 0.717) is 23.1 Å². The fraction of sp³-hybridized carbons (Fsp3) is 0.429. The summed E-state index contributed by atoms with van der Waals surface area (Å²) >= 11 is 0. The molecule has 0 aliphatic heterocycles. The van der Waals surface area contributed by atoms with Crippen LogP contribution < -0.4 is 10.1 Å². The Kier molecular flexibility index (Phi) is 8.04. The summed E-state index contributed by atoms with van der Waals surface area (Å²) in [7, 11) is 0. The maximum atomic E-state index is 12.4. The van der Waals surface area contributed by atoms with Crippen LogP contribution in [0.5, 0.6) is 5.75 Å². The molecular weight excluding hydrogens is 387 g/mol. The van der Waals surface area contributed by atoms with Crippen molar-refractivity contribution < 1.29 is 33.2 Å². The van der Waals surface area contributed by atoms with Crippen LogP contribution in [-0.2, 0) is 13.0 Å². The molecule has 0 heterocycles. The summed E-state index contributed by atoms with van der Waals surface area (Å²) in [5.41, 5.74) is 3.57. The van der Waals surface area contributed by atoms with E-state index in [-0.39, 0.29) is 19.0 Å². The number of hydrogen-bond donors (Lipinski definition) is 4. The molecule has 2 aromatic carbocycles. The minimum atomic E-state index is -4.75. The number of nitrogens with one attached hydrogen (secondary N) is 1. The van der Waals surface area contributed by atoms with Crippen LogP contribution in [0.2, 0.25) is 0 Å². The van der Waals surface area contributed by atoms with Crippen molar-refractivity contribution in [2.45, 2.75) is 51.8 Å². The summed E-state index contributed by atoms with van der Waals surface area (Å²) in [6.45, 7) is 3.48. The van der Waals surface area contributed by atoms with Crippen LogP contribution in [0.1, 0.15) is 43.1 Å². The topological polar surface area (TPSA) is 82.0 Å². The molecule has 160 valence electrons. The lowest BCUT2D eigenvalue weighted by Gasteiger charge is -2.23. The van der Waals surface area contributed by atoms with E-state index in [1.54, 1.807) is 6.07 Å².